The van der Waals surface area contributed by atoms with Crippen LogP contribution in [-0.2, 0) is 27.5 Å². The van der Waals surface area contributed by atoms with E-state index in [1.165, 1.54) is 24.2 Å². The second kappa shape index (κ2) is 11.9. The smallest absolute Gasteiger partial charge is 0.247 e. The first-order valence-electron chi connectivity index (χ1n) is 13.3. The first kappa shape index (κ1) is 28.0. The molecule has 10 nitrogen and oxygen atoms in total. The minimum Gasteiger partial charge on any atom is -0.493 e. The summed E-state index contributed by atoms with van der Waals surface area (Å²) < 4.78 is 31.9. The highest BCUT2D eigenvalue weighted by atomic mass is 19.1. The molecule has 2 aromatic carbocycles. The summed E-state index contributed by atoms with van der Waals surface area (Å²) >= 11 is 0. The molecule has 5 rings (SSSR count). The molecule has 1 aliphatic carbocycles. The number of carbonyl (C=O) groups excluding carboxylic acids is 2. The number of amides is 2. The molecule has 2 aromatic rings. The summed E-state index contributed by atoms with van der Waals surface area (Å²) in [6.45, 7) is -0.0967. The summed E-state index contributed by atoms with van der Waals surface area (Å²) in [4.78, 5) is 28.6. The number of fused-ring (bicyclic) bond motifs is 3. The fourth-order valence-electron chi connectivity index (χ4n) is 5.72. The van der Waals surface area contributed by atoms with Crippen LogP contribution in [0.3, 0.4) is 0 Å². The fourth-order valence-corrected chi connectivity index (χ4v) is 5.72. The number of hydrogen-bond donors (Lipinski definition) is 4. The maximum atomic E-state index is 14.8. The Hall–Kier alpha value is -3.51. The number of nitrogens with one attached hydrogen (secondary N) is 1. The van der Waals surface area contributed by atoms with Crippen LogP contribution in [0.5, 0.6) is 11.5 Å². The Kier molecular flexibility index (Phi) is 8.36. The van der Waals surface area contributed by atoms with E-state index in [0.29, 0.717) is 35.7 Å². The van der Waals surface area contributed by atoms with Crippen molar-refractivity contribution in [3.05, 3.63) is 70.6 Å². The number of halogens is 1. The minimum atomic E-state index is -1.30. The average molecular weight is 557 g/mol. The Morgan fingerprint density at radius 3 is 2.70 bits per heavy atom. The lowest BCUT2D eigenvalue weighted by atomic mass is 9.77. The summed E-state index contributed by atoms with van der Waals surface area (Å²) in [5.74, 6) is -1.91. The van der Waals surface area contributed by atoms with E-state index >= 15 is 0 Å². The van der Waals surface area contributed by atoms with Crippen LogP contribution in [0, 0.1) is 11.7 Å². The van der Waals surface area contributed by atoms with Gasteiger partial charge in [0.1, 0.15) is 18.0 Å². The lowest BCUT2D eigenvalue weighted by Gasteiger charge is -2.41. The first-order valence-corrected chi connectivity index (χ1v) is 13.3. The van der Waals surface area contributed by atoms with Gasteiger partial charge in [0.25, 0.3) is 0 Å². The van der Waals surface area contributed by atoms with Crippen LogP contribution in [0.15, 0.2) is 48.0 Å². The van der Waals surface area contributed by atoms with Gasteiger partial charge in [0, 0.05) is 36.4 Å². The van der Waals surface area contributed by atoms with Crippen LogP contribution in [0.1, 0.15) is 29.0 Å². The Morgan fingerprint density at radius 2 is 2.02 bits per heavy atom. The van der Waals surface area contributed by atoms with Crippen molar-refractivity contribution in [2.75, 3.05) is 33.5 Å². The lowest BCUT2D eigenvalue weighted by Crippen LogP contribution is -2.56. The molecule has 3 aliphatic rings. The number of aliphatic hydroxyl groups is 3. The number of hydrogen-bond acceptors (Lipinski definition) is 8. The molecule has 5 atom stereocenters. The van der Waals surface area contributed by atoms with Gasteiger partial charge in [-0.15, -0.1) is 0 Å². The van der Waals surface area contributed by atoms with E-state index in [1.54, 1.807) is 30.3 Å². The van der Waals surface area contributed by atoms with E-state index in [0.717, 1.165) is 0 Å². The molecular formula is C29H33FN2O8. The number of rotatable bonds is 9. The third kappa shape index (κ3) is 5.17. The highest BCUT2D eigenvalue weighted by Gasteiger charge is 2.52. The van der Waals surface area contributed by atoms with Crippen LogP contribution < -0.4 is 14.8 Å². The maximum absolute atomic E-state index is 14.8. The first-order chi connectivity index (χ1) is 19.4. The topological polar surface area (TPSA) is 138 Å². The Balaban J connectivity index is 1.61. The van der Waals surface area contributed by atoms with Crippen molar-refractivity contribution in [1.82, 2.24) is 10.2 Å². The number of methoxy groups -OCH3 is 1. The molecule has 0 bridgehead atoms. The van der Waals surface area contributed by atoms with Crippen molar-refractivity contribution in [2.45, 2.75) is 43.7 Å². The average Bonchev–Trinajstić information content (AvgIpc) is 3.64. The third-order valence-corrected chi connectivity index (χ3v) is 7.72. The third-order valence-electron chi connectivity index (χ3n) is 7.72. The van der Waals surface area contributed by atoms with E-state index in [2.05, 4.69) is 5.32 Å². The summed E-state index contributed by atoms with van der Waals surface area (Å²) in [6, 6.07) is 8.36. The zero-order chi connectivity index (χ0) is 28.4. The molecule has 0 spiro atoms. The van der Waals surface area contributed by atoms with E-state index in [9.17, 15) is 29.3 Å². The monoisotopic (exact) mass is 556 g/mol. The Morgan fingerprint density at radius 1 is 1.23 bits per heavy atom. The van der Waals surface area contributed by atoms with Gasteiger partial charge in [-0.05, 0) is 36.3 Å². The van der Waals surface area contributed by atoms with Gasteiger partial charge in [0.15, 0.2) is 11.5 Å². The van der Waals surface area contributed by atoms with Crippen molar-refractivity contribution in [3.8, 4) is 11.5 Å². The molecule has 0 radical (unpaired) electrons. The lowest BCUT2D eigenvalue weighted by molar-refractivity contribution is -0.142. The van der Waals surface area contributed by atoms with Gasteiger partial charge in [-0.1, -0.05) is 18.2 Å². The minimum absolute atomic E-state index is 0.00816. The molecular weight excluding hydrogens is 523 g/mol. The second-order valence-corrected chi connectivity index (χ2v) is 10.1. The van der Waals surface area contributed by atoms with Crippen molar-refractivity contribution in [3.63, 3.8) is 0 Å². The van der Waals surface area contributed by atoms with Gasteiger partial charge in [-0.2, -0.15) is 0 Å². The molecule has 5 unspecified atom stereocenters. The quantitative estimate of drug-likeness (QED) is 0.359. The molecule has 4 N–H and O–H groups in total. The number of aliphatic hydroxyl groups excluding tert-OH is 3. The normalized spacial score (nSPS) is 24.9. The summed E-state index contributed by atoms with van der Waals surface area (Å²) in [5.41, 5.74) is 1.56. The molecule has 1 fully saturated rings. The predicted octanol–water partition coefficient (Wildman–Crippen LogP) is 1.01. The summed E-state index contributed by atoms with van der Waals surface area (Å²) in [6.07, 6.45) is -0.271. The van der Waals surface area contributed by atoms with Crippen molar-refractivity contribution >= 4 is 11.8 Å². The van der Waals surface area contributed by atoms with E-state index in [4.69, 9.17) is 14.2 Å². The molecule has 2 aliphatic heterocycles. The molecule has 214 valence electrons. The van der Waals surface area contributed by atoms with Crippen molar-refractivity contribution in [1.29, 1.82) is 0 Å². The van der Waals surface area contributed by atoms with Gasteiger partial charge >= 0.3 is 0 Å². The maximum Gasteiger partial charge on any atom is 0.247 e. The molecule has 0 aromatic heterocycles. The fraction of sp³-hybridized carbons (Fsp3) is 0.448. The van der Waals surface area contributed by atoms with Gasteiger partial charge in [0.05, 0.1) is 44.8 Å². The van der Waals surface area contributed by atoms with Crippen molar-refractivity contribution < 1.29 is 43.5 Å². The number of carbonyl (C=O) groups is 2. The highest BCUT2D eigenvalue weighted by molar-refractivity contribution is 5.96. The Bertz CT molecular complexity index is 1290. The SMILES string of the molecule is COc1cc(CO)cc2c1OC1C2C(C(=O)NCCO)=CC(N(Cc2ccccc2F)C(=O)C2CCOC2)C1O. The van der Waals surface area contributed by atoms with Crippen LogP contribution in [0.25, 0.3) is 0 Å². The van der Waals surface area contributed by atoms with Gasteiger partial charge in [-0.3, -0.25) is 9.59 Å². The van der Waals surface area contributed by atoms with E-state index in [-0.39, 0.29) is 50.0 Å². The largest absolute Gasteiger partial charge is 0.493 e. The number of benzene rings is 2. The highest BCUT2D eigenvalue weighted by Crippen LogP contribution is 2.51. The zero-order valence-corrected chi connectivity index (χ0v) is 22.1. The van der Waals surface area contributed by atoms with E-state index in [1.807, 2.05) is 0 Å². The summed E-state index contributed by atoms with van der Waals surface area (Å²) in [7, 11) is 1.45. The number of nitrogens with zero attached hydrogens (tertiary/aromatic N) is 1. The molecule has 11 heteroatoms. The van der Waals surface area contributed by atoms with Gasteiger partial charge in [-0.25, -0.2) is 4.39 Å². The Labute approximate surface area is 231 Å². The van der Waals surface area contributed by atoms with Crippen molar-refractivity contribution in [2.24, 2.45) is 5.92 Å². The van der Waals surface area contributed by atoms with E-state index < -0.39 is 41.8 Å². The van der Waals surface area contributed by atoms with Gasteiger partial charge in [0.2, 0.25) is 11.8 Å². The van der Waals surface area contributed by atoms with Crippen LogP contribution in [-0.4, -0.2) is 83.8 Å². The number of ether oxygens (including phenoxy) is 3. The molecule has 2 heterocycles. The molecule has 0 saturated carbocycles. The molecule has 40 heavy (non-hydrogen) atoms. The molecule has 1 saturated heterocycles. The zero-order valence-electron chi connectivity index (χ0n) is 22.1. The van der Waals surface area contributed by atoms with Gasteiger partial charge < -0.3 is 39.7 Å². The van der Waals surface area contributed by atoms with Crippen LogP contribution >= 0.6 is 0 Å². The van der Waals surface area contributed by atoms with Crippen LogP contribution in [0.2, 0.25) is 0 Å². The van der Waals surface area contributed by atoms with Crippen LogP contribution in [0.4, 0.5) is 4.39 Å². The molecule has 2 amide bonds. The standard InChI is InChI=1S/C29H33FN2O8/c1-38-23-11-16(14-34)10-19-24-20(28(36)31-7-8-33)12-22(25(35)27(24)40-26(19)23)32(29(37)18-6-9-39-15-18)13-17-4-2-3-5-21(17)30/h2-5,10-12,18,22,24-25,27,33-35H,6-9,13-15H2,1H3,(H,31,36). The second-order valence-electron chi connectivity index (χ2n) is 10.1. The predicted molar refractivity (Wildman–Crippen MR) is 140 cm³/mol. The summed E-state index contributed by atoms with van der Waals surface area (Å²) in [5, 5.41) is 33.5.